The van der Waals surface area contributed by atoms with Crippen molar-refractivity contribution in [3.8, 4) is 17.2 Å². The predicted octanol–water partition coefficient (Wildman–Crippen LogP) is 3.02. The Kier molecular flexibility index (Phi) is 4.87. The number of rotatable bonds is 6. The van der Waals surface area contributed by atoms with Crippen LogP contribution in [0.15, 0.2) is 35.4 Å². The Morgan fingerprint density at radius 3 is 2.54 bits per heavy atom. The van der Waals surface area contributed by atoms with Crippen LogP contribution in [0.3, 0.4) is 0 Å². The Balaban J connectivity index is 2.13. The molecule has 0 fully saturated rings. The highest BCUT2D eigenvalue weighted by molar-refractivity contribution is 5.95. The summed E-state index contributed by atoms with van der Waals surface area (Å²) in [6.07, 6.45) is 4.22. The number of methoxy groups -OCH3 is 2. The van der Waals surface area contributed by atoms with E-state index in [1.54, 1.807) is 12.1 Å². The van der Waals surface area contributed by atoms with Crippen LogP contribution >= 0.6 is 0 Å². The maximum absolute atomic E-state index is 11.8. The third kappa shape index (κ3) is 3.21. The first-order chi connectivity index (χ1) is 13.1. The summed E-state index contributed by atoms with van der Waals surface area (Å²) in [6, 6.07) is 3.59. The minimum atomic E-state index is -1.49. The summed E-state index contributed by atoms with van der Waals surface area (Å²) in [6.45, 7) is 5.21. The van der Waals surface area contributed by atoms with Crippen LogP contribution in [0, 0.1) is 0 Å². The van der Waals surface area contributed by atoms with Crippen LogP contribution in [-0.4, -0.2) is 43.5 Å². The monoisotopic (exact) mass is 388 g/mol. The molecule has 0 aromatic heterocycles. The van der Waals surface area contributed by atoms with E-state index in [4.69, 9.17) is 18.9 Å². The fraction of sp³-hybridized carbons (Fsp3) is 0.429. The maximum atomic E-state index is 11.8. The highest BCUT2D eigenvalue weighted by atomic mass is 16.6. The molecule has 1 unspecified atom stereocenters. The summed E-state index contributed by atoms with van der Waals surface area (Å²) in [7, 11) is 2.98. The van der Waals surface area contributed by atoms with Crippen LogP contribution in [-0.2, 0) is 19.7 Å². The van der Waals surface area contributed by atoms with E-state index < -0.39 is 17.0 Å². The average Bonchev–Trinajstić information content (AvgIpc) is 3.00. The first-order valence-corrected chi connectivity index (χ1v) is 8.89. The number of hydrogen-bond acceptors (Lipinski definition) is 6. The summed E-state index contributed by atoms with van der Waals surface area (Å²) < 4.78 is 22.0. The van der Waals surface area contributed by atoms with E-state index in [0.29, 0.717) is 29.2 Å². The largest absolute Gasteiger partial charge is 0.493 e. The molecule has 1 heterocycles. The number of carbonyl (C=O) groups excluding carboxylic acids is 1. The van der Waals surface area contributed by atoms with Gasteiger partial charge in [-0.3, -0.25) is 0 Å². The van der Waals surface area contributed by atoms with Crippen molar-refractivity contribution in [1.29, 1.82) is 0 Å². The Bertz CT molecular complexity index is 894. The van der Waals surface area contributed by atoms with Gasteiger partial charge in [-0.1, -0.05) is 25.1 Å². The van der Waals surface area contributed by atoms with Crippen LogP contribution in [0.4, 0.5) is 0 Å². The first kappa shape index (κ1) is 19.8. The molecule has 7 nitrogen and oxygen atoms in total. The lowest BCUT2D eigenvalue weighted by molar-refractivity contribution is -0.152. The quantitative estimate of drug-likeness (QED) is 0.749. The fourth-order valence-electron chi connectivity index (χ4n) is 3.49. The molecule has 1 atom stereocenters. The van der Waals surface area contributed by atoms with E-state index in [1.807, 2.05) is 19.1 Å². The summed E-state index contributed by atoms with van der Waals surface area (Å²) >= 11 is 0. The van der Waals surface area contributed by atoms with E-state index in [-0.39, 0.29) is 12.6 Å². The molecule has 1 aromatic carbocycles. The number of esters is 1. The minimum Gasteiger partial charge on any atom is -0.493 e. The number of allylic oxidation sites excluding steroid dienone is 1. The first-order valence-electron chi connectivity index (χ1n) is 8.89. The lowest BCUT2D eigenvalue weighted by Crippen LogP contribution is -2.39. The third-order valence-corrected chi connectivity index (χ3v) is 5.16. The SMILES string of the molecule is COc1ccc(C2(C)C=CC3=C(COC3=O)C2)c(OC(C)(C)C(=O)O)c1OC. The van der Waals surface area contributed by atoms with Gasteiger partial charge < -0.3 is 24.1 Å². The normalized spacial score (nSPS) is 21.2. The zero-order valence-corrected chi connectivity index (χ0v) is 16.6. The number of benzene rings is 1. The number of aliphatic carboxylic acids is 1. The van der Waals surface area contributed by atoms with Gasteiger partial charge in [-0.2, -0.15) is 0 Å². The van der Waals surface area contributed by atoms with Gasteiger partial charge in [0.05, 0.1) is 19.8 Å². The van der Waals surface area contributed by atoms with Gasteiger partial charge in [0.25, 0.3) is 0 Å². The maximum Gasteiger partial charge on any atom is 0.347 e. The number of carboxylic acids is 1. The van der Waals surface area contributed by atoms with Gasteiger partial charge in [0.1, 0.15) is 6.61 Å². The predicted molar refractivity (Wildman–Crippen MR) is 101 cm³/mol. The van der Waals surface area contributed by atoms with Gasteiger partial charge in [0, 0.05) is 11.0 Å². The van der Waals surface area contributed by atoms with Gasteiger partial charge in [-0.05, 0) is 31.9 Å². The van der Waals surface area contributed by atoms with E-state index in [0.717, 1.165) is 11.1 Å². The standard InChI is InChI=1S/C21H24O7/c1-20(2,19(23)24)28-16-14(6-7-15(25-4)17(16)26-5)21(3)9-8-13-12(10-21)11-27-18(13)22/h6-9H,10-11H2,1-5H3,(H,23,24). The van der Waals surface area contributed by atoms with E-state index in [9.17, 15) is 14.7 Å². The summed E-state index contributed by atoms with van der Waals surface area (Å²) in [5.74, 6) is -0.361. The van der Waals surface area contributed by atoms with E-state index >= 15 is 0 Å². The van der Waals surface area contributed by atoms with Crippen molar-refractivity contribution in [3.05, 3.63) is 41.0 Å². The lowest BCUT2D eigenvalue weighted by atomic mass is 9.73. The zero-order chi connectivity index (χ0) is 20.7. The van der Waals surface area contributed by atoms with Crippen LogP contribution < -0.4 is 14.2 Å². The van der Waals surface area contributed by atoms with Crippen LogP contribution in [0.25, 0.3) is 0 Å². The van der Waals surface area contributed by atoms with Gasteiger partial charge in [-0.15, -0.1) is 0 Å². The van der Waals surface area contributed by atoms with E-state index in [2.05, 4.69) is 0 Å². The zero-order valence-electron chi connectivity index (χ0n) is 16.6. The minimum absolute atomic E-state index is 0.262. The van der Waals surface area contributed by atoms with Gasteiger partial charge >= 0.3 is 11.9 Å². The molecule has 1 N–H and O–H groups in total. The highest BCUT2D eigenvalue weighted by Gasteiger charge is 2.40. The molecule has 3 rings (SSSR count). The number of ether oxygens (including phenoxy) is 4. The Hall–Kier alpha value is -2.96. The number of carbonyl (C=O) groups is 2. The van der Waals surface area contributed by atoms with Crippen LogP contribution in [0.2, 0.25) is 0 Å². The topological polar surface area (TPSA) is 91.3 Å². The van der Waals surface area contributed by atoms with Gasteiger partial charge in [0.15, 0.2) is 17.1 Å². The van der Waals surface area contributed by atoms with Crippen molar-refractivity contribution in [2.45, 2.75) is 38.2 Å². The second kappa shape index (κ2) is 6.89. The molecule has 0 saturated heterocycles. The average molecular weight is 388 g/mol. The molecule has 28 heavy (non-hydrogen) atoms. The van der Waals surface area contributed by atoms with Crippen molar-refractivity contribution in [1.82, 2.24) is 0 Å². The number of carboxylic acid groups (broad SMARTS) is 1. The molecular formula is C21H24O7. The van der Waals surface area contributed by atoms with Crippen molar-refractivity contribution in [2.24, 2.45) is 0 Å². The fourth-order valence-corrected chi connectivity index (χ4v) is 3.49. The smallest absolute Gasteiger partial charge is 0.347 e. The molecule has 1 aromatic rings. The highest BCUT2D eigenvalue weighted by Crippen LogP contribution is 2.49. The molecule has 0 spiro atoms. The molecule has 7 heteroatoms. The number of hydrogen-bond donors (Lipinski definition) is 1. The molecule has 0 saturated carbocycles. The van der Waals surface area contributed by atoms with Crippen molar-refractivity contribution in [3.63, 3.8) is 0 Å². The Labute approximate surface area is 163 Å². The molecule has 0 amide bonds. The molecule has 1 aliphatic heterocycles. The Morgan fingerprint density at radius 2 is 1.93 bits per heavy atom. The molecule has 0 radical (unpaired) electrons. The summed E-state index contributed by atoms with van der Waals surface area (Å²) in [5, 5.41) is 9.54. The van der Waals surface area contributed by atoms with Gasteiger partial charge in [0.2, 0.25) is 5.75 Å². The molecule has 150 valence electrons. The van der Waals surface area contributed by atoms with Crippen molar-refractivity contribution < 1.29 is 33.6 Å². The molecular weight excluding hydrogens is 364 g/mol. The third-order valence-electron chi connectivity index (χ3n) is 5.16. The van der Waals surface area contributed by atoms with Crippen molar-refractivity contribution in [2.75, 3.05) is 20.8 Å². The Morgan fingerprint density at radius 1 is 1.21 bits per heavy atom. The van der Waals surface area contributed by atoms with Crippen molar-refractivity contribution >= 4 is 11.9 Å². The van der Waals surface area contributed by atoms with Gasteiger partial charge in [-0.25, -0.2) is 9.59 Å². The molecule has 2 aliphatic rings. The van der Waals surface area contributed by atoms with Crippen LogP contribution in [0.1, 0.15) is 32.8 Å². The lowest BCUT2D eigenvalue weighted by Gasteiger charge is -2.34. The molecule has 0 bridgehead atoms. The van der Waals surface area contributed by atoms with Crippen LogP contribution in [0.5, 0.6) is 17.2 Å². The summed E-state index contributed by atoms with van der Waals surface area (Å²) in [4.78, 5) is 23.5. The number of cyclic esters (lactones) is 1. The second-order valence-corrected chi connectivity index (χ2v) is 7.62. The summed E-state index contributed by atoms with van der Waals surface area (Å²) in [5.41, 5.74) is 0.206. The second-order valence-electron chi connectivity index (χ2n) is 7.62. The molecule has 1 aliphatic carbocycles. The van der Waals surface area contributed by atoms with E-state index in [1.165, 1.54) is 28.1 Å².